The smallest absolute Gasteiger partial charge is 0.228 e. The molecule has 5 heteroatoms. The summed E-state index contributed by atoms with van der Waals surface area (Å²) >= 11 is 0. The number of hydrogen-bond donors (Lipinski definition) is 0. The molecule has 124 valence electrons. The molecule has 0 bridgehead atoms. The third kappa shape index (κ3) is 3.54. The quantitative estimate of drug-likeness (QED) is 0.855. The molecule has 0 aromatic heterocycles. The second-order valence-corrected chi connectivity index (χ2v) is 6.25. The van der Waals surface area contributed by atoms with Gasteiger partial charge in [-0.05, 0) is 43.4 Å². The first-order valence-corrected chi connectivity index (χ1v) is 7.95. The minimum Gasteiger partial charge on any atom is -0.327 e. The Balaban J connectivity index is 2.14. The van der Waals surface area contributed by atoms with E-state index in [1.165, 1.54) is 0 Å². The molecule has 1 aromatic rings. The maximum atomic E-state index is 12.8. The van der Waals surface area contributed by atoms with E-state index in [1.807, 2.05) is 37.1 Å². The van der Waals surface area contributed by atoms with Crippen LogP contribution < -0.4 is 0 Å². The van der Waals surface area contributed by atoms with Crippen LogP contribution in [-0.4, -0.2) is 48.7 Å². The summed E-state index contributed by atoms with van der Waals surface area (Å²) in [6.45, 7) is 5.36. The Bertz CT molecular complexity index is 593. The van der Waals surface area contributed by atoms with Crippen LogP contribution in [0, 0.1) is 25.2 Å². The monoisotopic (exact) mass is 315 g/mol. The number of hydroxylamine groups is 2. The van der Waals surface area contributed by atoms with Crippen molar-refractivity contribution in [2.45, 2.75) is 38.6 Å². The standard InChI is InChI=1S/C18H25N3O2/c1-14-6-5-7-15(2)16(14)12-17(22)20(3)18(13-19)8-10-21(23-4)11-9-18/h5-7H,8-12H2,1-4H3. The predicted molar refractivity (Wildman–Crippen MR) is 88.6 cm³/mol. The van der Waals surface area contributed by atoms with Crippen LogP contribution in [0.25, 0.3) is 0 Å². The molecule has 1 aromatic carbocycles. The zero-order valence-corrected chi connectivity index (χ0v) is 14.4. The van der Waals surface area contributed by atoms with E-state index >= 15 is 0 Å². The fraction of sp³-hybridized carbons (Fsp3) is 0.556. The molecule has 0 aliphatic carbocycles. The molecule has 0 N–H and O–H groups in total. The van der Waals surface area contributed by atoms with E-state index in [4.69, 9.17) is 4.84 Å². The molecule has 1 fully saturated rings. The van der Waals surface area contributed by atoms with Crippen LogP contribution in [0.3, 0.4) is 0 Å². The highest BCUT2D eigenvalue weighted by Gasteiger charge is 2.41. The molecular formula is C18H25N3O2. The maximum absolute atomic E-state index is 12.8. The summed E-state index contributed by atoms with van der Waals surface area (Å²) in [7, 11) is 3.39. The molecule has 1 aliphatic rings. The molecule has 0 radical (unpaired) electrons. The Morgan fingerprint density at radius 1 is 1.35 bits per heavy atom. The van der Waals surface area contributed by atoms with Gasteiger partial charge in [0.1, 0.15) is 5.54 Å². The number of likely N-dealkylation sites (N-methyl/N-ethyl adjacent to an activating group) is 1. The summed E-state index contributed by atoms with van der Waals surface area (Å²) in [6, 6.07) is 8.42. The van der Waals surface area contributed by atoms with Crippen molar-refractivity contribution in [1.29, 1.82) is 5.26 Å². The Kier molecular flexibility index (Phi) is 5.40. The number of hydrogen-bond acceptors (Lipinski definition) is 4. The molecule has 23 heavy (non-hydrogen) atoms. The highest BCUT2D eigenvalue weighted by molar-refractivity contribution is 5.80. The van der Waals surface area contributed by atoms with Crippen molar-refractivity contribution in [3.05, 3.63) is 34.9 Å². The fourth-order valence-corrected chi connectivity index (χ4v) is 3.20. The van der Waals surface area contributed by atoms with Gasteiger partial charge in [0.05, 0.1) is 19.6 Å². The van der Waals surface area contributed by atoms with E-state index in [0.29, 0.717) is 32.4 Å². The van der Waals surface area contributed by atoms with Crippen molar-refractivity contribution >= 4 is 5.91 Å². The van der Waals surface area contributed by atoms with E-state index in [2.05, 4.69) is 6.07 Å². The SMILES string of the molecule is CON1CCC(C#N)(N(C)C(=O)Cc2c(C)cccc2C)CC1. The third-order valence-electron chi connectivity index (χ3n) is 5.00. The van der Waals surface area contributed by atoms with Crippen molar-refractivity contribution in [1.82, 2.24) is 9.96 Å². The van der Waals surface area contributed by atoms with Gasteiger partial charge in [0.2, 0.25) is 5.91 Å². The lowest BCUT2D eigenvalue weighted by Crippen LogP contribution is -2.55. The van der Waals surface area contributed by atoms with Gasteiger partial charge in [0, 0.05) is 20.1 Å². The van der Waals surface area contributed by atoms with Gasteiger partial charge in [-0.25, -0.2) is 0 Å². The van der Waals surface area contributed by atoms with E-state index in [-0.39, 0.29) is 5.91 Å². The van der Waals surface area contributed by atoms with Crippen molar-refractivity contribution in [3.63, 3.8) is 0 Å². The highest BCUT2D eigenvalue weighted by atomic mass is 16.7. The van der Waals surface area contributed by atoms with E-state index in [0.717, 1.165) is 16.7 Å². The van der Waals surface area contributed by atoms with Gasteiger partial charge in [-0.1, -0.05) is 18.2 Å². The van der Waals surface area contributed by atoms with Crippen LogP contribution in [0.4, 0.5) is 0 Å². The van der Waals surface area contributed by atoms with Gasteiger partial charge in [0.25, 0.3) is 0 Å². The Morgan fingerprint density at radius 3 is 2.39 bits per heavy atom. The molecule has 2 rings (SSSR count). The summed E-state index contributed by atoms with van der Waals surface area (Å²) in [5, 5.41) is 11.5. The summed E-state index contributed by atoms with van der Waals surface area (Å²) < 4.78 is 0. The number of carbonyl (C=O) groups excluding carboxylic acids is 1. The predicted octanol–water partition coefficient (Wildman–Crippen LogP) is 2.22. The van der Waals surface area contributed by atoms with E-state index in [1.54, 1.807) is 19.1 Å². The topological polar surface area (TPSA) is 56.6 Å². The summed E-state index contributed by atoms with van der Waals surface area (Å²) in [4.78, 5) is 19.6. The number of nitrogens with zero attached hydrogens (tertiary/aromatic N) is 3. The summed E-state index contributed by atoms with van der Waals surface area (Å²) in [6.07, 6.45) is 1.55. The van der Waals surface area contributed by atoms with Crippen molar-refractivity contribution in [2.75, 3.05) is 27.2 Å². The fourth-order valence-electron chi connectivity index (χ4n) is 3.20. The number of aryl methyl sites for hydroxylation is 2. The molecule has 0 saturated carbocycles. The van der Waals surface area contributed by atoms with Gasteiger partial charge in [0.15, 0.2) is 0 Å². The lowest BCUT2D eigenvalue weighted by atomic mass is 9.87. The first-order chi connectivity index (χ1) is 10.9. The van der Waals surface area contributed by atoms with Gasteiger partial charge in [-0.3, -0.25) is 4.79 Å². The second kappa shape index (κ2) is 7.12. The molecule has 5 nitrogen and oxygen atoms in total. The van der Waals surface area contributed by atoms with E-state index < -0.39 is 5.54 Å². The number of piperidine rings is 1. The second-order valence-electron chi connectivity index (χ2n) is 6.25. The molecule has 1 saturated heterocycles. The van der Waals surface area contributed by atoms with E-state index in [9.17, 15) is 10.1 Å². The molecule has 0 unspecified atom stereocenters. The van der Waals surface area contributed by atoms with Crippen LogP contribution in [0.1, 0.15) is 29.5 Å². The number of amides is 1. The van der Waals surface area contributed by atoms with Crippen molar-refractivity contribution in [3.8, 4) is 6.07 Å². The normalized spacial score (nSPS) is 17.5. The Morgan fingerprint density at radius 2 is 1.91 bits per heavy atom. The van der Waals surface area contributed by atoms with Gasteiger partial charge < -0.3 is 9.74 Å². The van der Waals surface area contributed by atoms with Crippen molar-refractivity contribution in [2.24, 2.45) is 0 Å². The molecule has 1 aliphatic heterocycles. The zero-order chi connectivity index (χ0) is 17.0. The van der Waals surface area contributed by atoms with Crippen LogP contribution in [-0.2, 0) is 16.1 Å². The maximum Gasteiger partial charge on any atom is 0.228 e. The van der Waals surface area contributed by atoms with Crippen LogP contribution in [0.2, 0.25) is 0 Å². The lowest BCUT2D eigenvalue weighted by Gasteiger charge is -2.42. The number of carbonyl (C=O) groups is 1. The van der Waals surface area contributed by atoms with Gasteiger partial charge in [-0.2, -0.15) is 10.3 Å². The Hall–Kier alpha value is -1.90. The first-order valence-electron chi connectivity index (χ1n) is 7.95. The van der Waals surface area contributed by atoms with Crippen LogP contribution >= 0.6 is 0 Å². The average molecular weight is 315 g/mol. The van der Waals surface area contributed by atoms with Crippen molar-refractivity contribution < 1.29 is 9.63 Å². The minimum absolute atomic E-state index is 0.00480. The number of nitriles is 1. The zero-order valence-electron chi connectivity index (χ0n) is 14.4. The molecule has 0 spiro atoms. The van der Waals surface area contributed by atoms with Crippen LogP contribution in [0.5, 0.6) is 0 Å². The first kappa shape index (κ1) is 17.5. The largest absolute Gasteiger partial charge is 0.327 e. The molecular weight excluding hydrogens is 290 g/mol. The average Bonchev–Trinajstić information content (AvgIpc) is 2.57. The third-order valence-corrected chi connectivity index (χ3v) is 5.00. The van der Waals surface area contributed by atoms with Gasteiger partial charge in [-0.15, -0.1) is 0 Å². The number of benzene rings is 1. The summed E-state index contributed by atoms with van der Waals surface area (Å²) in [5.41, 5.74) is 2.56. The Labute approximate surface area is 138 Å². The summed E-state index contributed by atoms with van der Waals surface area (Å²) in [5.74, 6) is -0.00480. The number of rotatable bonds is 4. The molecule has 1 heterocycles. The van der Waals surface area contributed by atoms with Gasteiger partial charge >= 0.3 is 0 Å². The minimum atomic E-state index is -0.733. The molecule has 0 atom stereocenters. The molecule has 1 amide bonds. The highest BCUT2D eigenvalue weighted by Crippen LogP contribution is 2.28. The van der Waals surface area contributed by atoms with Crippen LogP contribution in [0.15, 0.2) is 18.2 Å². The lowest BCUT2D eigenvalue weighted by molar-refractivity contribution is -0.161.